The molecule has 1 saturated heterocycles. The molecule has 1 aliphatic rings. The second kappa shape index (κ2) is 7.95. The number of hydrogen-bond donors (Lipinski definition) is 0. The van der Waals surface area contributed by atoms with Crippen LogP contribution in [0.5, 0.6) is 0 Å². The second-order valence-electron chi connectivity index (χ2n) is 6.81. The lowest BCUT2D eigenvalue weighted by Gasteiger charge is -2.25. The summed E-state index contributed by atoms with van der Waals surface area (Å²) in [6, 6.07) is 9.57. The van der Waals surface area contributed by atoms with Crippen molar-refractivity contribution in [1.29, 1.82) is 0 Å². The van der Waals surface area contributed by atoms with Gasteiger partial charge in [0.05, 0.1) is 12.8 Å². The Bertz CT molecular complexity index is 593. The van der Waals surface area contributed by atoms with Gasteiger partial charge in [0.2, 0.25) is 0 Å². The molecule has 0 bridgehead atoms. The van der Waals surface area contributed by atoms with E-state index in [-0.39, 0.29) is 24.9 Å². The third kappa shape index (κ3) is 6.02. The highest BCUT2D eigenvalue weighted by Crippen LogP contribution is 2.16. The van der Waals surface area contributed by atoms with Gasteiger partial charge in [-0.2, -0.15) is 0 Å². The van der Waals surface area contributed by atoms with Crippen molar-refractivity contribution in [3.05, 3.63) is 35.9 Å². The highest BCUT2D eigenvalue weighted by Gasteiger charge is 2.29. The van der Waals surface area contributed by atoms with E-state index in [1.807, 2.05) is 30.3 Å². The van der Waals surface area contributed by atoms with Crippen molar-refractivity contribution in [1.82, 2.24) is 4.90 Å². The van der Waals surface area contributed by atoms with E-state index in [9.17, 15) is 9.59 Å². The molecule has 1 amide bonds. The van der Waals surface area contributed by atoms with E-state index >= 15 is 0 Å². The zero-order valence-electron chi connectivity index (χ0n) is 14.4. The lowest BCUT2D eigenvalue weighted by molar-refractivity contribution is -0.121. The fourth-order valence-electron chi connectivity index (χ4n) is 2.30. The standard InChI is InChI=1S/C18H24N2O4/c1-18(2,3)23-17(22)20-10-9-16(11-15(21)13-20)24-19-12-14-7-5-4-6-8-14/h4-8,12,16H,9-11,13H2,1-3H3/b19-12-/t16-/m0/s1. The average molecular weight is 332 g/mol. The Morgan fingerprint density at radius 2 is 2.00 bits per heavy atom. The molecule has 130 valence electrons. The Hall–Kier alpha value is -2.37. The molecule has 0 aliphatic carbocycles. The van der Waals surface area contributed by atoms with Crippen LogP contribution in [0, 0.1) is 0 Å². The van der Waals surface area contributed by atoms with Gasteiger partial charge in [0.1, 0.15) is 11.7 Å². The van der Waals surface area contributed by atoms with E-state index in [4.69, 9.17) is 9.57 Å². The van der Waals surface area contributed by atoms with Gasteiger partial charge in [0, 0.05) is 19.4 Å². The molecule has 24 heavy (non-hydrogen) atoms. The Morgan fingerprint density at radius 1 is 1.29 bits per heavy atom. The smallest absolute Gasteiger partial charge is 0.410 e. The van der Waals surface area contributed by atoms with Crippen LogP contribution in [0.4, 0.5) is 4.79 Å². The topological polar surface area (TPSA) is 68.2 Å². The minimum absolute atomic E-state index is 0.0528. The molecule has 6 nitrogen and oxygen atoms in total. The molecule has 0 aromatic heterocycles. The van der Waals surface area contributed by atoms with Crippen LogP contribution in [0.2, 0.25) is 0 Å². The van der Waals surface area contributed by atoms with Crippen LogP contribution in [0.3, 0.4) is 0 Å². The van der Waals surface area contributed by atoms with Crippen molar-refractivity contribution in [2.75, 3.05) is 13.1 Å². The first-order chi connectivity index (χ1) is 11.3. The molecule has 0 unspecified atom stereocenters. The Labute approximate surface area is 142 Å². The molecule has 0 spiro atoms. The molecule has 1 heterocycles. The maximum absolute atomic E-state index is 12.1. The number of benzene rings is 1. The summed E-state index contributed by atoms with van der Waals surface area (Å²) in [6.45, 7) is 5.86. The summed E-state index contributed by atoms with van der Waals surface area (Å²) in [5.74, 6) is -0.0572. The molecular formula is C18H24N2O4. The van der Waals surface area contributed by atoms with Gasteiger partial charge in [-0.1, -0.05) is 35.5 Å². The lowest BCUT2D eigenvalue weighted by atomic mass is 10.1. The Kier molecular flexibility index (Phi) is 5.95. The van der Waals surface area contributed by atoms with Crippen molar-refractivity contribution < 1.29 is 19.2 Å². The molecule has 2 rings (SSSR count). The van der Waals surface area contributed by atoms with Crippen LogP contribution in [0.15, 0.2) is 35.5 Å². The van der Waals surface area contributed by atoms with Crippen LogP contribution in [-0.2, 0) is 14.4 Å². The van der Waals surface area contributed by atoms with E-state index in [0.717, 1.165) is 5.56 Å². The van der Waals surface area contributed by atoms with Crippen molar-refractivity contribution in [2.45, 2.75) is 45.3 Å². The van der Waals surface area contributed by atoms with Crippen LogP contribution in [0.1, 0.15) is 39.2 Å². The van der Waals surface area contributed by atoms with Gasteiger partial charge in [-0.05, 0) is 26.3 Å². The highest BCUT2D eigenvalue weighted by atomic mass is 16.6. The van der Waals surface area contributed by atoms with Crippen molar-refractivity contribution in [3.8, 4) is 0 Å². The zero-order chi connectivity index (χ0) is 17.6. The van der Waals surface area contributed by atoms with Crippen molar-refractivity contribution in [3.63, 3.8) is 0 Å². The molecule has 6 heteroatoms. The molecular weight excluding hydrogens is 308 g/mol. The molecule has 0 saturated carbocycles. The number of likely N-dealkylation sites (tertiary alicyclic amines) is 1. The fourth-order valence-corrected chi connectivity index (χ4v) is 2.30. The summed E-state index contributed by atoms with van der Waals surface area (Å²) in [5, 5.41) is 3.96. The minimum atomic E-state index is -0.581. The predicted molar refractivity (Wildman–Crippen MR) is 91.0 cm³/mol. The maximum atomic E-state index is 12.1. The second-order valence-corrected chi connectivity index (χ2v) is 6.81. The van der Waals surface area contributed by atoms with E-state index in [0.29, 0.717) is 13.0 Å². The molecule has 1 fully saturated rings. The van der Waals surface area contributed by atoms with E-state index in [2.05, 4.69) is 5.16 Å². The molecule has 0 radical (unpaired) electrons. The van der Waals surface area contributed by atoms with Gasteiger partial charge in [0.15, 0.2) is 5.78 Å². The molecule has 1 aromatic rings. The number of nitrogens with zero attached hydrogens (tertiary/aromatic N) is 2. The number of ether oxygens (including phenoxy) is 1. The SMILES string of the molecule is CC(C)(C)OC(=O)N1CC[C@H](O/N=C\c2ccccc2)CC(=O)C1. The highest BCUT2D eigenvalue weighted by molar-refractivity contribution is 5.85. The predicted octanol–water partition coefficient (Wildman–Crippen LogP) is 3.01. The summed E-state index contributed by atoms with van der Waals surface area (Å²) < 4.78 is 5.32. The van der Waals surface area contributed by atoms with E-state index < -0.39 is 11.7 Å². The van der Waals surface area contributed by atoms with Crippen molar-refractivity contribution >= 4 is 18.1 Å². The van der Waals surface area contributed by atoms with Crippen molar-refractivity contribution in [2.24, 2.45) is 5.16 Å². The summed E-state index contributed by atoms with van der Waals surface area (Å²) >= 11 is 0. The van der Waals surface area contributed by atoms with Gasteiger partial charge in [0.25, 0.3) is 0 Å². The summed E-state index contributed by atoms with van der Waals surface area (Å²) in [4.78, 5) is 31.0. The maximum Gasteiger partial charge on any atom is 0.410 e. The zero-order valence-corrected chi connectivity index (χ0v) is 14.4. The van der Waals surface area contributed by atoms with Crippen LogP contribution >= 0.6 is 0 Å². The number of carbonyl (C=O) groups excluding carboxylic acids is 2. The van der Waals surface area contributed by atoms with Crippen LogP contribution in [-0.4, -0.2) is 47.8 Å². The molecule has 1 aromatic carbocycles. The number of rotatable bonds is 3. The largest absolute Gasteiger partial charge is 0.444 e. The van der Waals surface area contributed by atoms with Gasteiger partial charge >= 0.3 is 6.09 Å². The summed E-state index contributed by atoms with van der Waals surface area (Å²) in [7, 11) is 0. The number of oxime groups is 1. The van der Waals surface area contributed by atoms with Gasteiger partial charge in [-0.3, -0.25) is 4.79 Å². The molecule has 1 atom stereocenters. The number of hydrogen-bond acceptors (Lipinski definition) is 5. The van der Waals surface area contributed by atoms with Gasteiger partial charge in [-0.15, -0.1) is 0 Å². The Morgan fingerprint density at radius 3 is 2.67 bits per heavy atom. The van der Waals surface area contributed by atoms with E-state index in [1.165, 1.54) is 4.90 Å². The van der Waals surface area contributed by atoms with E-state index in [1.54, 1.807) is 27.0 Å². The number of carbonyl (C=O) groups is 2. The summed E-state index contributed by atoms with van der Waals surface area (Å²) in [5.41, 5.74) is 0.343. The third-order valence-electron chi connectivity index (χ3n) is 3.41. The average Bonchev–Trinajstić information content (AvgIpc) is 2.68. The number of amides is 1. The molecule has 0 N–H and O–H groups in total. The van der Waals surface area contributed by atoms with Crippen LogP contribution in [0.25, 0.3) is 0 Å². The minimum Gasteiger partial charge on any atom is -0.444 e. The normalized spacial score (nSPS) is 19.2. The monoisotopic (exact) mass is 332 g/mol. The van der Waals surface area contributed by atoms with Gasteiger partial charge < -0.3 is 14.5 Å². The quantitative estimate of drug-likeness (QED) is 0.630. The number of ketones is 1. The first kappa shape index (κ1) is 18.0. The fraction of sp³-hybridized carbons (Fsp3) is 0.500. The third-order valence-corrected chi connectivity index (χ3v) is 3.41. The lowest BCUT2D eigenvalue weighted by Crippen LogP contribution is -2.39. The first-order valence-corrected chi connectivity index (χ1v) is 8.07. The van der Waals surface area contributed by atoms with Crippen LogP contribution < -0.4 is 0 Å². The number of Topliss-reactive ketones (excluding diaryl/α,β-unsaturated/α-hetero) is 1. The first-order valence-electron chi connectivity index (χ1n) is 8.07. The Balaban J connectivity index is 1.88. The summed E-state index contributed by atoms with van der Waals surface area (Å²) in [6.07, 6.45) is 1.60. The molecule has 1 aliphatic heterocycles. The van der Waals surface area contributed by atoms with Gasteiger partial charge in [-0.25, -0.2) is 4.79 Å².